The van der Waals surface area contributed by atoms with Crippen molar-refractivity contribution in [3.63, 3.8) is 0 Å². The van der Waals surface area contributed by atoms with Crippen LogP contribution in [0.2, 0.25) is 0 Å². The number of hydrogen-bond acceptors (Lipinski definition) is 10. The first kappa shape index (κ1) is 28.0. The number of aliphatic hydroxyl groups is 1. The van der Waals surface area contributed by atoms with E-state index in [0.717, 1.165) is 16.2 Å². The van der Waals surface area contributed by atoms with E-state index >= 15 is 0 Å². The molecule has 2 unspecified atom stereocenters. The molecule has 14 heteroatoms. The van der Waals surface area contributed by atoms with Crippen LogP contribution >= 0.6 is 7.75 Å². The Labute approximate surface area is 228 Å². The van der Waals surface area contributed by atoms with Gasteiger partial charge in [-0.2, -0.15) is 5.09 Å². The minimum absolute atomic E-state index is 0.00367. The minimum atomic E-state index is -4.45. The monoisotopic (exact) mass is 573 g/mol. The van der Waals surface area contributed by atoms with Crippen molar-refractivity contribution in [3.8, 4) is 5.75 Å². The molecule has 1 aromatic heterocycles. The highest BCUT2D eigenvalue weighted by Gasteiger charge is 2.64. The quantitative estimate of drug-likeness (QED) is 0.239. The maximum absolute atomic E-state index is 14.0. The summed E-state index contributed by atoms with van der Waals surface area (Å²) in [5, 5.41) is 13.7. The molecule has 3 N–H and O–H groups in total. The highest BCUT2D eigenvalue weighted by atomic mass is 31.2. The number of benzene rings is 2. The van der Waals surface area contributed by atoms with Crippen molar-refractivity contribution in [2.45, 2.75) is 50.2 Å². The van der Waals surface area contributed by atoms with E-state index in [0.29, 0.717) is 0 Å². The third kappa shape index (κ3) is 5.80. The van der Waals surface area contributed by atoms with Crippen molar-refractivity contribution < 1.29 is 37.7 Å². The van der Waals surface area contributed by atoms with Gasteiger partial charge in [-0.15, -0.1) is 0 Å². The molecule has 40 heavy (non-hydrogen) atoms. The molecule has 0 amide bonds. The second-order valence-corrected chi connectivity index (χ2v) is 11.0. The Morgan fingerprint density at radius 2 is 1.85 bits per heavy atom. The normalized spacial score (nSPS) is 26.0. The fourth-order valence-electron chi connectivity index (χ4n) is 4.43. The van der Waals surface area contributed by atoms with Crippen LogP contribution in [-0.2, 0) is 34.7 Å². The van der Waals surface area contributed by atoms with Crippen LogP contribution in [0.5, 0.6) is 5.75 Å². The number of hydrogen-bond donors (Lipinski definition) is 3. The van der Waals surface area contributed by atoms with Crippen LogP contribution in [0.3, 0.4) is 0 Å². The topological polar surface area (TPSA) is 167 Å². The zero-order chi connectivity index (χ0) is 28.3. The van der Waals surface area contributed by atoms with E-state index in [-0.39, 0.29) is 25.4 Å². The van der Waals surface area contributed by atoms with E-state index < -0.39 is 55.2 Å². The second kappa shape index (κ2) is 11.5. The summed E-state index contributed by atoms with van der Waals surface area (Å²) in [6.07, 6.45) is -2.86. The average molecular weight is 573 g/mol. The SMILES string of the molecule is C[C@H](NP(=O)(Oc1ccccc1)OC1O[C@@H](n2ccc(=O)[nH]c2=O)[C@@]2(CCO2)[C@@H]1O)C(=O)OCc1ccccc1. The molecule has 5 rings (SSSR count). The zero-order valence-corrected chi connectivity index (χ0v) is 22.3. The van der Waals surface area contributed by atoms with Gasteiger partial charge in [0.25, 0.3) is 5.56 Å². The van der Waals surface area contributed by atoms with Crippen LogP contribution < -0.4 is 20.9 Å². The molecule has 13 nitrogen and oxygen atoms in total. The van der Waals surface area contributed by atoms with Gasteiger partial charge < -0.3 is 23.8 Å². The lowest BCUT2D eigenvalue weighted by Crippen LogP contribution is -2.57. The molecule has 0 radical (unpaired) electrons. The number of aromatic nitrogens is 2. The van der Waals surface area contributed by atoms with Gasteiger partial charge in [0.1, 0.15) is 30.1 Å². The van der Waals surface area contributed by atoms with Gasteiger partial charge >= 0.3 is 19.4 Å². The van der Waals surface area contributed by atoms with Gasteiger partial charge in [0, 0.05) is 18.7 Å². The number of carbonyl (C=O) groups excluding carboxylic acids is 1. The minimum Gasteiger partial charge on any atom is -0.460 e. The fraction of sp³-hybridized carbons (Fsp3) is 0.346. The van der Waals surface area contributed by atoms with Gasteiger partial charge in [0.2, 0.25) is 6.29 Å². The lowest BCUT2D eigenvalue weighted by atomic mass is 9.88. The molecule has 2 aliphatic heterocycles. The number of ether oxygens (including phenoxy) is 3. The molecule has 2 aliphatic rings. The summed E-state index contributed by atoms with van der Waals surface area (Å²) >= 11 is 0. The lowest BCUT2D eigenvalue weighted by Gasteiger charge is -2.43. The molecular weight excluding hydrogens is 545 g/mol. The van der Waals surface area contributed by atoms with E-state index in [9.17, 15) is 24.1 Å². The smallest absolute Gasteiger partial charge is 0.460 e. The van der Waals surface area contributed by atoms with Gasteiger partial charge in [-0.25, -0.2) is 9.36 Å². The van der Waals surface area contributed by atoms with Crippen molar-refractivity contribution in [2.75, 3.05) is 6.61 Å². The third-order valence-corrected chi connectivity index (χ3v) is 8.19. The van der Waals surface area contributed by atoms with Crippen LogP contribution in [0.25, 0.3) is 0 Å². The van der Waals surface area contributed by atoms with Gasteiger partial charge in [0.15, 0.2) is 6.23 Å². The number of H-pyrrole nitrogens is 1. The lowest BCUT2D eigenvalue weighted by molar-refractivity contribution is -0.227. The van der Waals surface area contributed by atoms with Crippen LogP contribution in [0.15, 0.2) is 82.5 Å². The first-order valence-electron chi connectivity index (χ1n) is 12.5. The van der Waals surface area contributed by atoms with E-state index in [1.807, 2.05) is 6.07 Å². The summed E-state index contributed by atoms with van der Waals surface area (Å²) in [5.74, 6) is -0.577. The number of rotatable bonds is 10. The molecular formula is C26H28N3O10P. The van der Waals surface area contributed by atoms with E-state index in [2.05, 4.69) is 10.1 Å². The molecule has 3 heterocycles. The number of aliphatic hydroxyl groups excluding tert-OH is 1. The number of nitrogens with zero attached hydrogens (tertiary/aromatic N) is 1. The Morgan fingerprint density at radius 1 is 1.18 bits per heavy atom. The molecule has 1 spiro atoms. The predicted octanol–water partition coefficient (Wildman–Crippen LogP) is 1.84. The Bertz CT molecular complexity index is 1490. The van der Waals surface area contributed by atoms with Crippen molar-refractivity contribution in [2.24, 2.45) is 0 Å². The number of aromatic amines is 1. The molecule has 3 aromatic rings. The Hall–Kier alpha value is -3.58. The molecule has 2 aromatic carbocycles. The van der Waals surface area contributed by atoms with Gasteiger partial charge in [0.05, 0.1) is 6.61 Å². The molecule has 2 fully saturated rings. The molecule has 6 atom stereocenters. The first-order valence-corrected chi connectivity index (χ1v) is 14.0. The maximum atomic E-state index is 14.0. The largest absolute Gasteiger partial charge is 0.461 e. The van der Waals surface area contributed by atoms with E-state index in [1.54, 1.807) is 42.5 Å². The van der Waals surface area contributed by atoms with E-state index in [4.69, 9.17) is 23.3 Å². The van der Waals surface area contributed by atoms with Crippen molar-refractivity contribution >= 4 is 13.7 Å². The molecule has 0 bridgehead atoms. The zero-order valence-electron chi connectivity index (χ0n) is 21.4. The molecule has 0 saturated carbocycles. The number of esters is 1. The standard InChI is InChI=1S/C26H28N3O10P/c1-17(22(32)35-16-18-8-4-2-5-9-18)28-40(34,38-19-10-6-3-7-11-19)39-23-21(31)26(13-15-36-26)24(37-23)29-14-12-20(30)27-25(29)33/h2-12,14,17,21,23-24,31H,13,15-16H2,1H3,(H,28,34)(H,27,30,33)/t17-,21+,23?,24+,26+,40?/m0/s1. The number of carbonyl (C=O) groups is 1. The Morgan fingerprint density at radius 3 is 2.48 bits per heavy atom. The molecule has 0 aliphatic carbocycles. The van der Waals surface area contributed by atoms with Crippen LogP contribution in [0, 0.1) is 0 Å². The Kier molecular flexibility index (Phi) is 8.04. The van der Waals surface area contributed by atoms with Crippen molar-refractivity contribution in [1.82, 2.24) is 14.6 Å². The first-order chi connectivity index (χ1) is 19.2. The van der Waals surface area contributed by atoms with Crippen molar-refractivity contribution in [1.29, 1.82) is 0 Å². The fourth-order valence-corrected chi connectivity index (χ4v) is 6.01. The number of para-hydroxylation sites is 1. The van der Waals surface area contributed by atoms with Crippen LogP contribution in [0.1, 0.15) is 25.1 Å². The molecule has 2 saturated heterocycles. The average Bonchev–Trinajstić information content (AvgIpc) is 3.19. The third-order valence-electron chi connectivity index (χ3n) is 6.55. The van der Waals surface area contributed by atoms with Gasteiger partial charge in [-0.05, 0) is 24.6 Å². The highest BCUT2D eigenvalue weighted by molar-refractivity contribution is 7.52. The summed E-state index contributed by atoms with van der Waals surface area (Å²) in [6, 6.07) is 17.1. The summed E-state index contributed by atoms with van der Waals surface area (Å²) in [7, 11) is -4.45. The summed E-state index contributed by atoms with van der Waals surface area (Å²) in [4.78, 5) is 38.9. The predicted molar refractivity (Wildman–Crippen MR) is 139 cm³/mol. The Balaban J connectivity index is 1.36. The maximum Gasteiger partial charge on any atom is 0.461 e. The van der Waals surface area contributed by atoms with Gasteiger partial charge in [-0.1, -0.05) is 48.5 Å². The van der Waals surface area contributed by atoms with Gasteiger partial charge in [-0.3, -0.25) is 23.7 Å². The van der Waals surface area contributed by atoms with E-state index in [1.165, 1.54) is 25.3 Å². The highest BCUT2D eigenvalue weighted by Crippen LogP contribution is 2.54. The summed E-state index contributed by atoms with van der Waals surface area (Å²) < 4.78 is 43.3. The summed E-state index contributed by atoms with van der Waals surface area (Å²) in [6.45, 7) is 1.68. The number of nitrogens with one attached hydrogen (secondary N) is 2. The van der Waals surface area contributed by atoms with Crippen LogP contribution in [0.4, 0.5) is 0 Å². The van der Waals surface area contributed by atoms with Crippen molar-refractivity contribution in [3.05, 3.63) is 99.3 Å². The summed E-state index contributed by atoms with van der Waals surface area (Å²) in [5.41, 5.74) is -2.06. The second-order valence-electron chi connectivity index (χ2n) is 9.32. The van der Waals surface area contributed by atoms with Crippen LogP contribution in [-0.4, -0.2) is 51.3 Å². The molecule has 212 valence electrons.